The lowest BCUT2D eigenvalue weighted by Gasteiger charge is -2.27. The van der Waals surface area contributed by atoms with E-state index in [1.54, 1.807) is 0 Å². The van der Waals surface area contributed by atoms with E-state index in [1.165, 1.54) is 4.90 Å². The number of hydrogen-bond donors (Lipinski definition) is 0. The van der Waals surface area contributed by atoms with Gasteiger partial charge in [-0.05, 0) is 44.4 Å². The van der Waals surface area contributed by atoms with Gasteiger partial charge >= 0.3 is 6.09 Å². The molecule has 1 aliphatic heterocycles. The van der Waals surface area contributed by atoms with Crippen molar-refractivity contribution in [3.8, 4) is 11.5 Å². The Morgan fingerprint density at radius 2 is 1.93 bits per heavy atom. The quantitative estimate of drug-likeness (QED) is 0.382. The number of fused-ring (bicyclic) bond motifs is 3. The summed E-state index contributed by atoms with van der Waals surface area (Å²) in [4.78, 5) is 29.4. The van der Waals surface area contributed by atoms with Gasteiger partial charge in [0.1, 0.15) is 13.7 Å². The van der Waals surface area contributed by atoms with Gasteiger partial charge in [-0.15, -0.1) is 5.54 Å². The summed E-state index contributed by atoms with van der Waals surface area (Å²) >= 11 is 0. The number of ether oxygens (including phenoxy) is 1. The van der Waals surface area contributed by atoms with Crippen molar-refractivity contribution in [2.75, 3.05) is 14.1 Å². The standard InChI is InChI=1S/C24H32N2O3Si/c1-24(2,3)29-23(28)26-21-17-11-9-10-16(12-13-30(6,7)8)18(17)14-19(21)20(22(26)27)15-25(4)5/h9-11,15,19,21H,14H2,1-8H3/b20-15-. The monoisotopic (exact) mass is 424 g/mol. The van der Waals surface area contributed by atoms with Crippen molar-refractivity contribution >= 4 is 20.1 Å². The first-order valence-electron chi connectivity index (χ1n) is 10.4. The third-order valence-corrected chi connectivity index (χ3v) is 5.91. The summed E-state index contributed by atoms with van der Waals surface area (Å²) in [5.74, 6) is 3.03. The van der Waals surface area contributed by atoms with Crippen molar-refractivity contribution in [2.24, 2.45) is 5.92 Å². The molecule has 0 N–H and O–H groups in total. The lowest BCUT2D eigenvalue weighted by Crippen LogP contribution is -2.39. The maximum Gasteiger partial charge on any atom is 0.417 e. The van der Waals surface area contributed by atoms with Gasteiger partial charge in [0.15, 0.2) is 0 Å². The average Bonchev–Trinajstić information content (AvgIpc) is 3.06. The van der Waals surface area contributed by atoms with Crippen LogP contribution in [-0.4, -0.2) is 49.6 Å². The second kappa shape index (κ2) is 7.62. The van der Waals surface area contributed by atoms with Gasteiger partial charge in [-0.1, -0.05) is 37.7 Å². The molecule has 1 aliphatic carbocycles. The summed E-state index contributed by atoms with van der Waals surface area (Å²) in [5, 5.41) is 0. The highest BCUT2D eigenvalue weighted by atomic mass is 28.3. The molecule has 0 radical (unpaired) electrons. The normalized spacial score (nSPS) is 21.8. The molecule has 1 heterocycles. The summed E-state index contributed by atoms with van der Waals surface area (Å²) < 4.78 is 5.59. The number of benzene rings is 1. The van der Waals surface area contributed by atoms with E-state index in [2.05, 4.69) is 31.1 Å². The van der Waals surface area contributed by atoms with E-state index < -0.39 is 19.8 Å². The Balaban J connectivity index is 2.10. The first kappa shape index (κ1) is 22.2. The number of hydrogen-bond acceptors (Lipinski definition) is 4. The van der Waals surface area contributed by atoms with Crippen LogP contribution in [0.5, 0.6) is 0 Å². The van der Waals surface area contributed by atoms with Gasteiger partial charge < -0.3 is 9.64 Å². The zero-order chi connectivity index (χ0) is 22.4. The molecule has 0 aromatic heterocycles. The number of rotatable bonds is 1. The molecule has 5 nitrogen and oxygen atoms in total. The average molecular weight is 425 g/mol. The van der Waals surface area contributed by atoms with Gasteiger partial charge in [-0.2, -0.15) is 0 Å². The fourth-order valence-electron chi connectivity index (χ4n) is 3.99. The maximum absolute atomic E-state index is 13.2. The number of carbonyl (C=O) groups excluding carboxylic acids is 2. The highest BCUT2D eigenvalue weighted by Gasteiger charge is 2.53. The molecule has 1 saturated heterocycles. The predicted octanol–water partition coefficient (Wildman–Crippen LogP) is 4.35. The van der Waals surface area contributed by atoms with E-state index in [-0.39, 0.29) is 17.9 Å². The molecule has 2 atom stereocenters. The van der Waals surface area contributed by atoms with Crippen molar-refractivity contribution in [1.29, 1.82) is 0 Å². The third-order valence-electron chi connectivity index (χ3n) is 5.04. The van der Waals surface area contributed by atoms with Crippen LogP contribution in [0.4, 0.5) is 4.79 Å². The molecule has 0 saturated carbocycles. The fourth-order valence-corrected chi connectivity index (χ4v) is 4.50. The van der Waals surface area contributed by atoms with E-state index in [0.29, 0.717) is 12.0 Å². The van der Waals surface area contributed by atoms with Crippen molar-refractivity contribution in [3.05, 3.63) is 46.7 Å². The molecule has 1 fully saturated rings. The van der Waals surface area contributed by atoms with Crippen LogP contribution < -0.4 is 0 Å². The Kier molecular flexibility index (Phi) is 5.63. The van der Waals surface area contributed by atoms with Gasteiger partial charge in [0.05, 0.1) is 6.04 Å². The van der Waals surface area contributed by atoms with Crippen molar-refractivity contribution in [3.63, 3.8) is 0 Å². The van der Waals surface area contributed by atoms with Crippen molar-refractivity contribution in [2.45, 2.75) is 58.5 Å². The van der Waals surface area contributed by atoms with Gasteiger partial charge in [-0.25, -0.2) is 9.69 Å². The molecule has 30 heavy (non-hydrogen) atoms. The second-order valence-corrected chi connectivity index (χ2v) is 15.1. The minimum absolute atomic E-state index is 0.0859. The van der Waals surface area contributed by atoms with Crippen LogP contribution >= 0.6 is 0 Å². The molecule has 0 bridgehead atoms. The predicted molar refractivity (Wildman–Crippen MR) is 121 cm³/mol. The van der Waals surface area contributed by atoms with E-state index in [9.17, 15) is 9.59 Å². The van der Waals surface area contributed by atoms with Crippen LogP contribution in [0.2, 0.25) is 19.6 Å². The zero-order valence-electron chi connectivity index (χ0n) is 19.3. The maximum atomic E-state index is 13.2. The Morgan fingerprint density at radius 3 is 2.50 bits per heavy atom. The van der Waals surface area contributed by atoms with Gasteiger partial charge in [-0.3, -0.25) is 4.79 Å². The third kappa shape index (κ3) is 4.46. The minimum Gasteiger partial charge on any atom is -0.443 e. The van der Waals surface area contributed by atoms with Crippen LogP contribution in [-0.2, 0) is 16.0 Å². The van der Waals surface area contributed by atoms with Crippen LogP contribution in [0, 0.1) is 17.4 Å². The molecular formula is C24H32N2O3Si. The van der Waals surface area contributed by atoms with Gasteiger partial charge in [0, 0.05) is 37.3 Å². The molecule has 1 aromatic carbocycles. The number of carbonyl (C=O) groups is 2. The Morgan fingerprint density at radius 1 is 1.27 bits per heavy atom. The Labute approximate surface area is 181 Å². The van der Waals surface area contributed by atoms with Crippen LogP contribution in [0.3, 0.4) is 0 Å². The summed E-state index contributed by atoms with van der Waals surface area (Å²) in [6.45, 7) is 12.1. The highest BCUT2D eigenvalue weighted by Crippen LogP contribution is 2.50. The number of nitrogens with zero attached hydrogens (tertiary/aromatic N) is 2. The van der Waals surface area contributed by atoms with E-state index >= 15 is 0 Å². The van der Waals surface area contributed by atoms with Crippen LogP contribution in [0.15, 0.2) is 30.0 Å². The summed E-state index contributed by atoms with van der Waals surface area (Å²) in [7, 11) is 2.25. The largest absolute Gasteiger partial charge is 0.443 e. The molecule has 2 unspecified atom stereocenters. The number of imide groups is 1. The van der Waals surface area contributed by atoms with Gasteiger partial charge in [0.2, 0.25) is 0 Å². The first-order chi connectivity index (χ1) is 13.8. The molecule has 2 amide bonds. The van der Waals surface area contributed by atoms with E-state index in [4.69, 9.17) is 4.74 Å². The molecule has 6 heteroatoms. The summed E-state index contributed by atoms with van der Waals surface area (Å²) in [6, 6.07) is 5.69. The Bertz CT molecular complexity index is 971. The number of amides is 2. The van der Waals surface area contributed by atoms with Crippen LogP contribution in [0.25, 0.3) is 0 Å². The second-order valence-electron chi connectivity index (χ2n) is 10.3. The lowest BCUT2D eigenvalue weighted by molar-refractivity contribution is -0.125. The Hall–Kier alpha value is -2.52. The highest BCUT2D eigenvalue weighted by molar-refractivity contribution is 6.83. The van der Waals surface area contributed by atoms with Gasteiger partial charge in [0.25, 0.3) is 5.91 Å². The lowest BCUT2D eigenvalue weighted by atomic mass is 9.97. The minimum atomic E-state index is -1.52. The van der Waals surface area contributed by atoms with Crippen LogP contribution in [0.1, 0.15) is 43.5 Å². The topological polar surface area (TPSA) is 49.9 Å². The zero-order valence-corrected chi connectivity index (χ0v) is 20.3. The SMILES string of the molecule is CN(C)/C=C1\C(=O)N(C(=O)OC(C)(C)C)C2c3cccc(C#C[Si](C)(C)C)c3CC12. The molecular weight excluding hydrogens is 392 g/mol. The first-order valence-corrected chi connectivity index (χ1v) is 13.9. The summed E-state index contributed by atoms with van der Waals surface area (Å²) in [5.41, 5.74) is 6.57. The van der Waals surface area contributed by atoms with E-state index in [1.807, 2.05) is 64.2 Å². The van der Waals surface area contributed by atoms with E-state index in [0.717, 1.165) is 16.7 Å². The molecule has 1 aromatic rings. The molecule has 0 spiro atoms. The fraction of sp³-hybridized carbons (Fsp3) is 0.500. The smallest absolute Gasteiger partial charge is 0.417 e. The summed E-state index contributed by atoms with van der Waals surface area (Å²) in [6.07, 6.45) is 1.95. The molecule has 160 valence electrons. The number of likely N-dealkylation sites (tertiary alicyclic amines) is 1. The van der Waals surface area contributed by atoms with Crippen molar-refractivity contribution < 1.29 is 14.3 Å². The van der Waals surface area contributed by atoms with Crippen molar-refractivity contribution in [1.82, 2.24) is 9.80 Å². The molecule has 2 aliphatic rings. The molecule has 3 rings (SSSR count).